The predicted molar refractivity (Wildman–Crippen MR) is 126 cm³/mol. The van der Waals surface area contributed by atoms with E-state index in [-0.39, 0.29) is 55.0 Å². The van der Waals surface area contributed by atoms with Crippen LogP contribution in [0.25, 0.3) is 0 Å². The molecule has 2 aromatic heterocycles. The highest BCUT2D eigenvalue weighted by Gasteiger charge is 2.11. The summed E-state index contributed by atoms with van der Waals surface area (Å²) in [5.74, 6) is 0.938. The molecule has 0 saturated carbocycles. The van der Waals surface area contributed by atoms with Gasteiger partial charge in [0.15, 0.2) is 11.5 Å². The molecule has 0 aliphatic rings. The summed E-state index contributed by atoms with van der Waals surface area (Å²) >= 11 is 0. The summed E-state index contributed by atoms with van der Waals surface area (Å²) in [6, 6.07) is 6.91. The molecule has 2 aromatic rings. The molecule has 0 N–H and O–H groups in total. The van der Waals surface area contributed by atoms with E-state index >= 15 is 0 Å². The van der Waals surface area contributed by atoms with E-state index in [1.807, 2.05) is 6.07 Å². The van der Waals surface area contributed by atoms with Crippen LogP contribution in [-0.4, -0.2) is 42.5 Å². The molecule has 0 saturated heterocycles. The molecule has 0 bridgehead atoms. The molecular weight excluding hydrogens is 456 g/mol. The second-order valence-corrected chi connectivity index (χ2v) is 7.59. The first-order valence-electron chi connectivity index (χ1n) is 11.7. The van der Waals surface area contributed by atoms with E-state index in [4.69, 9.17) is 18.3 Å². The van der Waals surface area contributed by atoms with Crippen molar-refractivity contribution in [2.75, 3.05) is 13.2 Å². The maximum absolute atomic E-state index is 11.5. The second kappa shape index (κ2) is 17.0. The van der Waals surface area contributed by atoms with Crippen LogP contribution in [0.1, 0.15) is 81.4 Å². The topological polar surface area (TPSA) is 130 Å². The van der Waals surface area contributed by atoms with Gasteiger partial charge in [0, 0.05) is 45.4 Å². The molecule has 192 valence electrons. The fourth-order valence-corrected chi connectivity index (χ4v) is 2.88. The normalized spacial score (nSPS) is 10.1. The lowest BCUT2D eigenvalue weighted by Crippen LogP contribution is -2.08. The summed E-state index contributed by atoms with van der Waals surface area (Å²) in [5, 5.41) is 0. The van der Waals surface area contributed by atoms with Crippen molar-refractivity contribution >= 4 is 29.3 Å². The Morgan fingerprint density at radius 3 is 1.69 bits per heavy atom. The van der Waals surface area contributed by atoms with Crippen molar-refractivity contribution in [3.05, 3.63) is 47.8 Å². The Hall–Kier alpha value is -3.49. The number of carbonyl (C=O) groups is 5. The number of furan rings is 2. The van der Waals surface area contributed by atoms with Crippen LogP contribution < -0.4 is 0 Å². The van der Waals surface area contributed by atoms with Gasteiger partial charge in [0.2, 0.25) is 0 Å². The Labute approximate surface area is 205 Å². The van der Waals surface area contributed by atoms with Gasteiger partial charge in [-0.1, -0.05) is 0 Å². The molecule has 0 radical (unpaired) electrons. The van der Waals surface area contributed by atoms with Gasteiger partial charge in [-0.05, 0) is 38.1 Å². The van der Waals surface area contributed by atoms with E-state index in [0.29, 0.717) is 50.4 Å². The van der Waals surface area contributed by atoms with Gasteiger partial charge in [0.25, 0.3) is 0 Å². The van der Waals surface area contributed by atoms with E-state index in [1.165, 1.54) is 6.92 Å². The molecule has 9 nitrogen and oxygen atoms in total. The van der Waals surface area contributed by atoms with Crippen molar-refractivity contribution in [2.45, 2.75) is 72.1 Å². The maximum Gasteiger partial charge on any atom is 0.306 e. The van der Waals surface area contributed by atoms with Gasteiger partial charge in [-0.2, -0.15) is 0 Å². The van der Waals surface area contributed by atoms with Gasteiger partial charge in [-0.3, -0.25) is 24.0 Å². The number of rotatable bonds is 15. The van der Waals surface area contributed by atoms with Crippen LogP contribution in [0.3, 0.4) is 0 Å². The zero-order valence-corrected chi connectivity index (χ0v) is 20.6. The Balaban J connectivity index is 0.000000355. The van der Waals surface area contributed by atoms with Crippen LogP contribution in [0.15, 0.2) is 39.4 Å². The number of hydrogen-bond acceptors (Lipinski definition) is 9. The molecule has 0 fully saturated rings. The van der Waals surface area contributed by atoms with Crippen LogP contribution in [0, 0.1) is 0 Å². The largest absolute Gasteiger partial charge is 0.469 e. The minimum atomic E-state index is -0.354. The molecule has 2 rings (SSSR count). The van der Waals surface area contributed by atoms with Gasteiger partial charge >= 0.3 is 11.9 Å². The molecule has 0 aromatic carbocycles. The number of carbonyl (C=O) groups excluding carboxylic acids is 5. The first-order valence-corrected chi connectivity index (χ1v) is 11.7. The highest BCUT2D eigenvalue weighted by molar-refractivity contribution is 5.91. The number of aryl methyl sites for hydroxylation is 2. The van der Waals surface area contributed by atoms with Crippen LogP contribution >= 0.6 is 0 Å². The Bertz CT molecular complexity index is 938. The zero-order chi connectivity index (χ0) is 26.1. The Kier molecular flexibility index (Phi) is 14.4. The van der Waals surface area contributed by atoms with Gasteiger partial charge in [0.1, 0.15) is 23.1 Å². The molecule has 0 atom stereocenters. The summed E-state index contributed by atoms with van der Waals surface area (Å²) in [5.41, 5.74) is 0. The third-order valence-corrected chi connectivity index (χ3v) is 4.72. The lowest BCUT2D eigenvalue weighted by Gasteiger charge is -2.01. The van der Waals surface area contributed by atoms with Gasteiger partial charge < -0.3 is 18.3 Å². The molecule has 0 aliphatic carbocycles. The van der Waals surface area contributed by atoms with E-state index in [1.54, 1.807) is 38.3 Å². The quantitative estimate of drug-likeness (QED) is 0.262. The fraction of sp³-hybridized carbons (Fsp3) is 0.500. The average Bonchev–Trinajstić information content (AvgIpc) is 3.52. The van der Waals surface area contributed by atoms with Gasteiger partial charge in [-0.25, -0.2) is 0 Å². The minimum Gasteiger partial charge on any atom is -0.469 e. The van der Waals surface area contributed by atoms with Crippen molar-refractivity contribution in [2.24, 2.45) is 0 Å². The van der Waals surface area contributed by atoms with Crippen LogP contribution in [0.2, 0.25) is 0 Å². The first kappa shape index (κ1) is 29.5. The number of ether oxygens (including phenoxy) is 2. The molecule has 35 heavy (non-hydrogen) atoms. The molecule has 0 amide bonds. The molecule has 0 spiro atoms. The number of hydrogen-bond donors (Lipinski definition) is 0. The standard InChI is InChI=1S/C14H18O5.C12H16O4/c1-3-18-14(17)9-5-11(16)4-6-12-7-8-13(19-12)10(2)15;1-2-15-12(14)8-6-10(13)5-7-11-4-3-9-16-11/h7-8H,3-6,9H2,1-2H3;3-4,9H,2,5-8H2,1H3. The lowest BCUT2D eigenvalue weighted by atomic mass is 10.1. The maximum atomic E-state index is 11.5. The van der Waals surface area contributed by atoms with E-state index in [9.17, 15) is 24.0 Å². The monoisotopic (exact) mass is 490 g/mol. The van der Waals surface area contributed by atoms with Crippen molar-refractivity contribution in [3.63, 3.8) is 0 Å². The molecule has 2 heterocycles. The predicted octanol–water partition coefficient (Wildman–Crippen LogP) is 4.45. The van der Waals surface area contributed by atoms with E-state index < -0.39 is 0 Å². The molecule has 0 unspecified atom stereocenters. The number of ketones is 3. The summed E-state index contributed by atoms with van der Waals surface area (Å²) < 4.78 is 19.8. The SMILES string of the molecule is CCOC(=O)CCC(=O)CCc1ccc(C(C)=O)o1.CCOC(=O)CCC(=O)CCc1ccco1. The average molecular weight is 491 g/mol. The summed E-state index contributed by atoms with van der Waals surface area (Å²) in [6.07, 6.45) is 4.03. The van der Waals surface area contributed by atoms with Crippen LogP contribution in [-0.2, 0) is 41.5 Å². The second-order valence-electron chi connectivity index (χ2n) is 7.59. The highest BCUT2D eigenvalue weighted by atomic mass is 16.5. The molecular formula is C26H34O9. The zero-order valence-electron chi connectivity index (χ0n) is 20.6. The van der Waals surface area contributed by atoms with E-state index in [0.717, 1.165) is 5.76 Å². The summed E-state index contributed by atoms with van der Waals surface area (Å²) in [6.45, 7) is 5.58. The summed E-state index contributed by atoms with van der Waals surface area (Å²) in [7, 11) is 0. The Morgan fingerprint density at radius 2 is 1.26 bits per heavy atom. The number of Topliss-reactive ketones (excluding diaryl/α,β-unsaturated/α-hetero) is 3. The van der Waals surface area contributed by atoms with Crippen molar-refractivity contribution in [1.29, 1.82) is 0 Å². The van der Waals surface area contributed by atoms with Crippen molar-refractivity contribution < 1.29 is 42.3 Å². The van der Waals surface area contributed by atoms with Crippen LogP contribution in [0.5, 0.6) is 0 Å². The third-order valence-electron chi connectivity index (χ3n) is 4.72. The highest BCUT2D eigenvalue weighted by Crippen LogP contribution is 2.12. The van der Waals surface area contributed by atoms with E-state index in [2.05, 4.69) is 0 Å². The smallest absolute Gasteiger partial charge is 0.306 e. The van der Waals surface area contributed by atoms with Gasteiger partial charge in [0.05, 0.1) is 32.3 Å². The van der Waals surface area contributed by atoms with Crippen molar-refractivity contribution in [3.8, 4) is 0 Å². The summed E-state index contributed by atoms with van der Waals surface area (Å²) in [4.78, 5) is 56.0. The lowest BCUT2D eigenvalue weighted by molar-refractivity contribution is -0.144. The van der Waals surface area contributed by atoms with Crippen LogP contribution in [0.4, 0.5) is 0 Å². The number of esters is 2. The molecule has 9 heteroatoms. The van der Waals surface area contributed by atoms with Gasteiger partial charge in [-0.15, -0.1) is 0 Å². The molecule has 0 aliphatic heterocycles. The first-order chi connectivity index (χ1) is 16.7. The Morgan fingerprint density at radius 1 is 0.714 bits per heavy atom. The fourth-order valence-electron chi connectivity index (χ4n) is 2.88. The minimum absolute atomic E-state index is 0.0196. The van der Waals surface area contributed by atoms with Crippen molar-refractivity contribution in [1.82, 2.24) is 0 Å². The third kappa shape index (κ3) is 13.7.